The molecule has 4 rings (SSSR count). The molecule has 0 saturated heterocycles. The Hall–Kier alpha value is -3.59. The Morgan fingerprint density at radius 3 is 2.39 bits per heavy atom. The Morgan fingerprint density at radius 2 is 1.74 bits per heavy atom. The minimum atomic E-state index is -0.617. The Kier molecular flexibility index (Phi) is 5.77. The number of urea groups is 1. The van der Waals surface area contributed by atoms with Crippen LogP contribution in [0.2, 0.25) is 0 Å². The Bertz CT molecular complexity index is 1110. The average Bonchev–Trinajstić information content (AvgIpc) is 3.24. The third-order valence-corrected chi connectivity index (χ3v) is 5.08. The molecule has 0 fully saturated rings. The van der Waals surface area contributed by atoms with Crippen molar-refractivity contribution in [2.24, 2.45) is 0 Å². The van der Waals surface area contributed by atoms with E-state index in [1.165, 1.54) is 29.2 Å². The van der Waals surface area contributed by atoms with Crippen LogP contribution in [0.1, 0.15) is 24.4 Å². The lowest BCUT2D eigenvalue weighted by Crippen LogP contribution is -2.47. The first-order valence-electron chi connectivity index (χ1n) is 9.61. The number of hydrogen-bond donors (Lipinski definition) is 1. The number of nitrogens with one attached hydrogen (secondary N) is 1. The zero-order valence-corrected chi connectivity index (χ0v) is 16.9. The highest BCUT2D eigenvalue weighted by Gasteiger charge is 2.35. The molecule has 160 valence electrons. The van der Waals surface area contributed by atoms with Gasteiger partial charge < -0.3 is 14.6 Å². The van der Waals surface area contributed by atoms with E-state index in [-0.39, 0.29) is 29.4 Å². The van der Waals surface area contributed by atoms with Gasteiger partial charge in [-0.3, -0.25) is 4.90 Å². The maximum absolute atomic E-state index is 13.5. The van der Waals surface area contributed by atoms with E-state index in [0.717, 1.165) is 0 Å². The first-order valence-corrected chi connectivity index (χ1v) is 9.61. The number of carbonyl (C=O) groups is 1. The van der Waals surface area contributed by atoms with Crippen molar-refractivity contribution >= 4 is 11.6 Å². The second kappa shape index (κ2) is 8.65. The van der Waals surface area contributed by atoms with Gasteiger partial charge in [0.25, 0.3) is 5.89 Å². The zero-order chi connectivity index (χ0) is 22.0. The number of carbonyl (C=O) groups excluding carboxylic acids is 1. The molecule has 1 aliphatic rings. The number of hydrogen-bond acceptors (Lipinski definition) is 5. The lowest BCUT2D eigenvalue weighted by Gasteiger charge is -2.35. The van der Waals surface area contributed by atoms with Crippen molar-refractivity contribution in [2.45, 2.75) is 13.0 Å². The van der Waals surface area contributed by atoms with Gasteiger partial charge in [0.05, 0.1) is 24.8 Å². The van der Waals surface area contributed by atoms with Crippen molar-refractivity contribution < 1.29 is 22.8 Å². The van der Waals surface area contributed by atoms with Crippen LogP contribution < -0.4 is 5.32 Å². The van der Waals surface area contributed by atoms with E-state index in [9.17, 15) is 13.6 Å². The number of allylic oxidation sites excluding steroid dienone is 1. The molecule has 1 unspecified atom stereocenters. The number of ether oxygens (including phenoxy) is 1. The largest absolute Gasteiger partial charge is 0.383 e. The van der Waals surface area contributed by atoms with Gasteiger partial charge in [0.2, 0.25) is 5.82 Å². The quantitative estimate of drug-likeness (QED) is 0.640. The summed E-state index contributed by atoms with van der Waals surface area (Å²) in [7, 11) is 1.55. The summed E-state index contributed by atoms with van der Waals surface area (Å²) in [6.07, 6.45) is 0. The highest BCUT2D eigenvalue weighted by atomic mass is 19.1. The van der Waals surface area contributed by atoms with Crippen molar-refractivity contribution in [3.8, 4) is 11.4 Å². The molecule has 0 spiro atoms. The summed E-state index contributed by atoms with van der Waals surface area (Å²) in [6.45, 7) is 2.44. The van der Waals surface area contributed by atoms with Gasteiger partial charge in [0.1, 0.15) is 11.6 Å². The number of nitrogens with zero attached hydrogens (tertiary/aromatic N) is 3. The number of aromatic nitrogens is 2. The number of rotatable bonds is 6. The average molecular weight is 426 g/mol. The molecule has 3 aromatic rings. The Morgan fingerprint density at radius 1 is 1.10 bits per heavy atom. The molecule has 0 aliphatic carbocycles. The lowest BCUT2D eigenvalue weighted by molar-refractivity contribution is 0.158. The predicted octanol–water partition coefficient (Wildman–Crippen LogP) is 4.16. The highest BCUT2D eigenvalue weighted by Crippen LogP contribution is 2.37. The van der Waals surface area contributed by atoms with Crippen molar-refractivity contribution in [3.63, 3.8) is 0 Å². The van der Waals surface area contributed by atoms with E-state index in [1.54, 1.807) is 38.3 Å². The molecule has 1 atom stereocenters. The summed E-state index contributed by atoms with van der Waals surface area (Å²) < 4.78 is 37.3. The molecular formula is C22H20F2N4O3. The molecule has 2 amide bonds. The predicted molar refractivity (Wildman–Crippen MR) is 109 cm³/mol. The molecule has 0 radical (unpaired) electrons. The Labute approximate surface area is 177 Å². The van der Waals surface area contributed by atoms with Crippen LogP contribution in [0.3, 0.4) is 0 Å². The minimum absolute atomic E-state index is 0.202. The molecule has 2 heterocycles. The van der Waals surface area contributed by atoms with Crippen LogP contribution in [0.25, 0.3) is 17.0 Å². The molecule has 7 nitrogen and oxygen atoms in total. The van der Waals surface area contributed by atoms with Crippen LogP contribution in [0.5, 0.6) is 0 Å². The summed E-state index contributed by atoms with van der Waals surface area (Å²) in [5.74, 6) is -0.264. The second-order valence-electron chi connectivity index (χ2n) is 7.01. The molecule has 0 saturated carbocycles. The van der Waals surface area contributed by atoms with E-state index in [4.69, 9.17) is 9.26 Å². The number of benzene rings is 2. The van der Waals surface area contributed by atoms with Crippen molar-refractivity contribution in [3.05, 3.63) is 77.3 Å². The van der Waals surface area contributed by atoms with Gasteiger partial charge in [0.15, 0.2) is 0 Å². The molecule has 1 aromatic heterocycles. The smallest absolute Gasteiger partial charge is 0.322 e. The van der Waals surface area contributed by atoms with Crippen LogP contribution in [0, 0.1) is 11.6 Å². The lowest BCUT2D eigenvalue weighted by atomic mass is 9.94. The fourth-order valence-corrected chi connectivity index (χ4v) is 3.46. The van der Waals surface area contributed by atoms with Gasteiger partial charge in [-0.05, 0) is 48.9 Å². The van der Waals surface area contributed by atoms with Gasteiger partial charge in [0, 0.05) is 18.4 Å². The van der Waals surface area contributed by atoms with E-state index < -0.39 is 6.04 Å². The summed E-state index contributed by atoms with van der Waals surface area (Å²) in [5, 5.41) is 6.94. The SMILES string of the molecule is COCCN1C(=O)NC(c2ccc(F)cc2)C(c2nc(-c3ccc(F)cc3)no2)=C1C. The summed E-state index contributed by atoms with van der Waals surface area (Å²) in [5.41, 5.74) is 2.45. The molecule has 0 bridgehead atoms. The maximum Gasteiger partial charge on any atom is 0.322 e. The van der Waals surface area contributed by atoms with Crippen LogP contribution in [-0.2, 0) is 4.74 Å². The van der Waals surface area contributed by atoms with Crippen LogP contribution in [0.15, 0.2) is 58.8 Å². The van der Waals surface area contributed by atoms with E-state index >= 15 is 0 Å². The first kappa shape index (κ1) is 20.7. The van der Waals surface area contributed by atoms with Gasteiger partial charge in [-0.15, -0.1) is 0 Å². The van der Waals surface area contributed by atoms with Crippen molar-refractivity contribution in [1.29, 1.82) is 0 Å². The molecule has 1 N–H and O–H groups in total. The maximum atomic E-state index is 13.5. The van der Waals surface area contributed by atoms with Crippen LogP contribution in [-0.4, -0.2) is 41.3 Å². The monoisotopic (exact) mass is 426 g/mol. The number of amides is 2. The van der Waals surface area contributed by atoms with Crippen LogP contribution in [0.4, 0.5) is 13.6 Å². The number of halogens is 2. The van der Waals surface area contributed by atoms with Crippen molar-refractivity contribution in [2.75, 3.05) is 20.3 Å². The van der Waals surface area contributed by atoms with E-state index in [1.807, 2.05) is 0 Å². The Balaban J connectivity index is 1.78. The third-order valence-electron chi connectivity index (χ3n) is 5.08. The standard InChI is InChI=1S/C22H20F2N4O3/c1-13-18(21-26-20(27-31-21)15-5-9-17(24)10-6-15)19(14-3-7-16(23)8-4-14)25-22(29)28(13)11-12-30-2/h3-10,19H,11-12H2,1-2H3,(H,25,29). The van der Waals surface area contributed by atoms with Gasteiger partial charge >= 0.3 is 6.03 Å². The fourth-order valence-electron chi connectivity index (χ4n) is 3.46. The van der Waals surface area contributed by atoms with Gasteiger partial charge in [-0.1, -0.05) is 17.3 Å². The third kappa shape index (κ3) is 4.17. The summed E-state index contributed by atoms with van der Waals surface area (Å²) >= 11 is 0. The van der Waals surface area contributed by atoms with Gasteiger partial charge in [-0.25, -0.2) is 13.6 Å². The fraction of sp³-hybridized carbons (Fsp3) is 0.227. The van der Waals surface area contributed by atoms with Crippen molar-refractivity contribution in [1.82, 2.24) is 20.4 Å². The number of methoxy groups -OCH3 is 1. The highest BCUT2D eigenvalue weighted by molar-refractivity contribution is 5.86. The summed E-state index contributed by atoms with van der Waals surface area (Å²) in [4.78, 5) is 18.7. The van der Waals surface area contributed by atoms with Crippen LogP contribution >= 0.6 is 0 Å². The molecule has 9 heteroatoms. The van der Waals surface area contributed by atoms with E-state index in [0.29, 0.717) is 35.5 Å². The molecule has 2 aromatic carbocycles. The van der Waals surface area contributed by atoms with E-state index in [2.05, 4.69) is 15.5 Å². The first-order chi connectivity index (χ1) is 15.0. The molecule has 31 heavy (non-hydrogen) atoms. The normalized spacial score (nSPS) is 16.6. The second-order valence-corrected chi connectivity index (χ2v) is 7.01. The zero-order valence-electron chi connectivity index (χ0n) is 16.9. The van der Waals surface area contributed by atoms with Gasteiger partial charge in [-0.2, -0.15) is 4.98 Å². The molecule has 1 aliphatic heterocycles. The summed E-state index contributed by atoms with van der Waals surface area (Å²) in [6, 6.07) is 10.6. The molecular weight excluding hydrogens is 406 g/mol. The topological polar surface area (TPSA) is 80.5 Å². The minimum Gasteiger partial charge on any atom is -0.383 e.